The van der Waals surface area contributed by atoms with Gasteiger partial charge < -0.3 is 10.2 Å². The summed E-state index contributed by atoms with van der Waals surface area (Å²) in [5, 5.41) is 9.96. The zero-order chi connectivity index (χ0) is 25.7. The van der Waals surface area contributed by atoms with E-state index in [9.17, 15) is 18.0 Å². The highest BCUT2D eigenvalue weighted by Gasteiger charge is 2.50. The number of carbonyl (C=O) groups is 2. The first kappa shape index (κ1) is 24.7. The Labute approximate surface area is 217 Å². The van der Waals surface area contributed by atoms with Crippen molar-refractivity contribution >= 4 is 62.0 Å². The molecule has 188 valence electrons. The number of aliphatic imine (C=N–C) groups is 1. The molecule has 9 nitrogen and oxygen atoms in total. The molecule has 1 saturated heterocycles. The highest BCUT2D eigenvalue weighted by molar-refractivity contribution is 7.92. The molecule has 12 heteroatoms. The number of hydrogen-bond acceptors (Lipinski definition) is 6. The summed E-state index contributed by atoms with van der Waals surface area (Å²) in [5.74, 6) is -0.977. The number of fused-ring (bicyclic) bond motifs is 1. The van der Waals surface area contributed by atoms with Gasteiger partial charge in [-0.05, 0) is 49.6 Å². The molecule has 1 aromatic heterocycles. The van der Waals surface area contributed by atoms with Gasteiger partial charge in [0.25, 0.3) is 5.91 Å². The van der Waals surface area contributed by atoms with E-state index in [-0.39, 0.29) is 28.6 Å². The molecule has 0 bridgehead atoms. The number of nitrogens with zero attached hydrogens (tertiary/aromatic N) is 3. The predicted octanol–water partition coefficient (Wildman–Crippen LogP) is 3.28. The second kappa shape index (κ2) is 9.17. The van der Waals surface area contributed by atoms with Crippen LogP contribution in [0.1, 0.15) is 29.8 Å². The van der Waals surface area contributed by atoms with Crippen LogP contribution >= 0.6 is 23.2 Å². The topological polar surface area (TPSA) is 125 Å². The molecule has 2 aromatic carbocycles. The molecule has 2 atom stereocenters. The quantitative estimate of drug-likeness (QED) is 0.458. The van der Waals surface area contributed by atoms with E-state index < -0.39 is 38.5 Å². The minimum atomic E-state index is -3.94. The van der Waals surface area contributed by atoms with Crippen molar-refractivity contribution in [2.75, 3.05) is 13.6 Å². The number of rotatable bonds is 6. The summed E-state index contributed by atoms with van der Waals surface area (Å²) in [4.78, 5) is 32.4. The number of H-pyrrole nitrogens is 1. The number of aromatic nitrogens is 2. The molecule has 0 radical (unpaired) electrons. The normalized spacial score (nSPS) is 21.2. The van der Waals surface area contributed by atoms with Crippen molar-refractivity contribution in [1.82, 2.24) is 20.4 Å². The maximum absolute atomic E-state index is 13.7. The molecule has 5 rings (SSSR count). The van der Waals surface area contributed by atoms with Crippen molar-refractivity contribution in [3.63, 3.8) is 0 Å². The highest BCUT2D eigenvalue weighted by Crippen LogP contribution is 2.36. The summed E-state index contributed by atoms with van der Waals surface area (Å²) in [6, 6.07) is 10.1. The third kappa shape index (κ3) is 4.38. The molecule has 2 amide bonds. The van der Waals surface area contributed by atoms with E-state index in [1.165, 1.54) is 17.0 Å². The van der Waals surface area contributed by atoms with Crippen molar-refractivity contribution < 1.29 is 18.0 Å². The van der Waals surface area contributed by atoms with Crippen molar-refractivity contribution in [1.29, 1.82) is 0 Å². The fraction of sp³-hybridized carbons (Fsp3) is 0.333. The Morgan fingerprint density at radius 1 is 1.22 bits per heavy atom. The number of likely N-dealkylation sites (tertiary alicyclic amines) is 1. The predicted molar refractivity (Wildman–Crippen MR) is 137 cm³/mol. The molecule has 2 heterocycles. The first-order chi connectivity index (χ1) is 17.1. The van der Waals surface area contributed by atoms with Gasteiger partial charge in [-0.25, -0.2) is 8.42 Å². The Kier molecular flexibility index (Phi) is 6.30. The Morgan fingerprint density at radius 3 is 2.67 bits per heavy atom. The molecule has 1 aliphatic heterocycles. The Bertz CT molecular complexity index is 1500. The minimum Gasteiger partial charge on any atom is -0.344 e. The van der Waals surface area contributed by atoms with Crippen LogP contribution in [0.15, 0.2) is 52.4 Å². The van der Waals surface area contributed by atoms with Gasteiger partial charge in [0.2, 0.25) is 5.91 Å². The Hall–Kier alpha value is -2.95. The van der Waals surface area contributed by atoms with E-state index >= 15 is 0 Å². The van der Waals surface area contributed by atoms with Gasteiger partial charge in [0.05, 0.1) is 26.2 Å². The maximum atomic E-state index is 13.7. The summed E-state index contributed by atoms with van der Waals surface area (Å²) < 4.78 is 27.0. The van der Waals surface area contributed by atoms with Crippen LogP contribution in [0.25, 0.3) is 10.9 Å². The van der Waals surface area contributed by atoms with Crippen LogP contribution in [0.2, 0.25) is 10.0 Å². The van der Waals surface area contributed by atoms with E-state index in [4.69, 9.17) is 23.2 Å². The third-order valence-electron chi connectivity index (χ3n) is 6.67. The molecule has 3 aromatic rings. The Morgan fingerprint density at radius 2 is 1.97 bits per heavy atom. The lowest BCUT2D eigenvalue weighted by Crippen LogP contribution is -2.50. The molecule has 0 spiro atoms. The van der Waals surface area contributed by atoms with E-state index in [0.29, 0.717) is 15.9 Å². The first-order valence-electron chi connectivity index (χ1n) is 11.3. The lowest BCUT2D eigenvalue weighted by molar-refractivity contribution is -0.125. The first-order valence-corrected chi connectivity index (χ1v) is 13.6. The van der Waals surface area contributed by atoms with Crippen LogP contribution in [0, 0.1) is 0 Å². The van der Waals surface area contributed by atoms with Gasteiger partial charge in [-0.15, -0.1) is 0 Å². The summed E-state index contributed by atoms with van der Waals surface area (Å²) in [6.07, 6.45) is 3.05. The average molecular weight is 548 g/mol. The van der Waals surface area contributed by atoms with E-state index in [0.717, 1.165) is 12.8 Å². The number of carbonyl (C=O) groups excluding carboxylic acids is 2. The fourth-order valence-corrected chi connectivity index (χ4v) is 7.03. The van der Waals surface area contributed by atoms with Gasteiger partial charge in [0.15, 0.2) is 15.5 Å². The summed E-state index contributed by atoms with van der Waals surface area (Å²) >= 11 is 12.2. The number of sulfone groups is 1. The largest absolute Gasteiger partial charge is 0.344 e. The summed E-state index contributed by atoms with van der Waals surface area (Å²) in [6.45, 7) is -0.179. The smallest absolute Gasteiger partial charge is 0.275 e. The van der Waals surface area contributed by atoms with Gasteiger partial charge in [-0.3, -0.25) is 19.7 Å². The number of aromatic amines is 1. The molecule has 2 fully saturated rings. The molecule has 1 aliphatic carbocycles. The maximum Gasteiger partial charge on any atom is 0.275 e. The van der Waals surface area contributed by atoms with Crippen molar-refractivity contribution in [3.05, 3.63) is 58.2 Å². The number of amides is 2. The zero-order valence-electron chi connectivity index (χ0n) is 19.2. The molecule has 1 saturated carbocycles. The number of nitrogens with one attached hydrogen (secondary N) is 2. The van der Waals surface area contributed by atoms with Crippen molar-refractivity contribution in [2.24, 2.45) is 4.99 Å². The Balaban J connectivity index is 1.50. The van der Waals surface area contributed by atoms with E-state index in [1.54, 1.807) is 43.6 Å². The summed E-state index contributed by atoms with van der Waals surface area (Å²) in [5.41, 5.74) is 0.0876. The molecule has 36 heavy (non-hydrogen) atoms. The van der Waals surface area contributed by atoms with Crippen molar-refractivity contribution in [2.45, 2.75) is 41.0 Å². The van der Waals surface area contributed by atoms with Gasteiger partial charge >= 0.3 is 0 Å². The zero-order valence-corrected chi connectivity index (χ0v) is 21.6. The standard InChI is InChI=1S/C24H23Cl2N5O4S/c1-27-13-24(8-9-24)28-22(32)19-11-15(36(34,35)20-5-3-2-4-17(20)26)12-31(19)23(33)21-16-7-6-14(25)10-18(16)29-30-21/h2-7,10,13,15,19H,8-9,11-12H2,1H3,(H,28,32)(H,29,30). The lowest BCUT2D eigenvalue weighted by Gasteiger charge is -2.25. The van der Waals surface area contributed by atoms with Crippen LogP contribution in [0.4, 0.5) is 0 Å². The highest BCUT2D eigenvalue weighted by atomic mass is 35.5. The van der Waals surface area contributed by atoms with Gasteiger partial charge in [0, 0.05) is 30.2 Å². The molecule has 2 unspecified atom stereocenters. The lowest BCUT2D eigenvalue weighted by atomic mass is 10.1. The second-order valence-corrected chi connectivity index (χ2v) is 12.1. The van der Waals surface area contributed by atoms with Crippen LogP contribution < -0.4 is 5.32 Å². The molecular weight excluding hydrogens is 525 g/mol. The summed E-state index contributed by atoms with van der Waals surface area (Å²) in [7, 11) is -2.31. The minimum absolute atomic E-state index is 0.0261. The van der Waals surface area contributed by atoms with Crippen LogP contribution in [-0.4, -0.2) is 72.0 Å². The van der Waals surface area contributed by atoms with Crippen LogP contribution in [0.5, 0.6) is 0 Å². The SMILES string of the molecule is CN=CC1(NC(=O)C2CC(S(=O)(=O)c3ccccc3Cl)CN2C(=O)c2n[nH]c3cc(Cl)ccc23)CC1. The van der Waals surface area contributed by atoms with Gasteiger partial charge in [0.1, 0.15) is 6.04 Å². The van der Waals surface area contributed by atoms with Gasteiger partial charge in [-0.1, -0.05) is 35.3 Å². The van der Waals surface area contributed by atoms with Crippen LogP contribution in [0.3, 0.4) is 0 Å². The molecular formula is C24H23Cl2N5O4S. The van der Waals surface area contributed by atoms with E-state index in [1.807, 2.05) is 0 Å². The number of hydrogen-bond donors (Lipinski definition) is 2. The van der Waals surface area contributed by atoms with E-state index in [2.05, 4.69) is 20.5 Å². The average Bonchev–Trinajstić information content (AvgIpc) is 3.26. The molecule has 2 aliphatic rings. The van der Waals surface area contributed by atoms with Crippen LogP contribution in [-0.2, 0) is 14.6 Å². The van der Waals surface area contributed by atoms with Gasteiger partial charge in [-0.2, -0.15) is 5.10 Å². The van der Waals surface area contributed by atoms with Crippen molar-refractivity contribution in [3.8, 4) is 0 Å². The molecule has 2 N–H and O–H groups in total. The fourth-order valence-electron chi connectivity index (χ4n) is 4.64. The monoisotopic (exact) mass is 547 g/mol. The second-order valence-electron chi connectivity index (χ2n) is 9.10. The number of benzene rings is 2. The third-order valence-corrected chi connectivity index (χ3v) is 9.54. The number of halogens is 2.